The van der Waals surface area contributed by atoms with Crippen LogP contribution in [0.4, 0.5) is 0 Å². The zero-order valence-electron chi connectivity index (χ0n) is 30.4. The van der Waals surface area contributed by atoms with Gasteiger partial charge in [-0.05, 0) is 86.5 Å². The first-order chi connectivity index (χ1) is 24.6. The molecular formula is C39H55N3O9. The van der Waals surface area contributed by atoms with Crippen LogP contribution in [0, 0.1) is 5.92 Å². The number of H-pyrrole nitrogens is 1. The van der Waals surface area contributed by atoms with Crippen molar-refractivity contribution >= 4 is 28.7 Å². The van der Waals surface area contributed by atoms with Crippen molar-refractivity contribution in [2.45, 2.75) is 77.6 Å². The fourth-order valence-corrected chi connectivity index (χ4v) is 6.31. The Morgan fingerprint density at radius 3 is 2.20 bits per heavy atom. The van der Waals surface area contributed by atoms with Crippen molar-refractivity contribution in [2.24, 2.45) is 5.92 Å². The molecule has 0 saturated heterocycles. The van der Waals surface area contributed by atoms with E-state index in [2.05, 4.69) is 33.8 Å². The summed E-state index contributed by atoms with van der Waals surface area (Å²) in [7, 11) is 3.33. The number of unbranched alkanes of at least 4 members (excludes halogenated alkanes) is 1. The second-order valence-electron chi connectivity index (χ2n) is 12.9. The number of pyridine rings is 1. The van der Waals surface area contributed by atoms with E-state index in [-0.39, 0.29) is 11.5 Å². The van der Waals surface area contributed by atoms with Gasteiger partial charge in [-0.1, -0.05) is 45.1 Å². The zero-order valence-corrected chi connectivity index (χ0v) is 30.4. The molecule has 2 aromatic carbocycles. The normalized spacial score (nSPS) is 13.4. The van der Waals surface area contributed by atoms with E-state index >= 15 is 0 Å². The van der Waals surface area contributed by atoms with Gasteiger partial charge < -0.3 is 39.2 Å². The Morgan fingerprint density at radius 2 is 1.53 bits per heavy atom. The summed E-state index contributed by atoms with van der Waals surface area (Å²) in [5.74, 6) is -0.500. The Balaban J connectivity index is 0.00000107. The number of hydrogen-bond donors (Lipinski definition) is 3. The van der Waals surface area contributed by atoms with E-state index in [9.17, 15) is 9.59 Å². The van der Waals surface area contributed by atoms with Crippen LogP contribution < -0.4 is 19.8 Å². The van der Waals surface area contributed by atoms with E-state index in [1.54, 1.807) is 20.3 Å². The summed E-state index contributed by atoms with van der Waals surface area (Å²) in [4.78, 5) is 50.8. The Kier molecular flexibility index (Phi) is 17.8. The lowest BCUT2D eigenvalue weighted by molar-refractivity contribution is -0.159. The number of ether oxygens (including phenoxy) is 3. The lowest BCUT2D eigenvalue weighted by Crippen LogP contribution is -2.41. The average Bonchev–Trinajstić information content (AvgIpc) is 3.11. The Bertz CT molecular complexity index is 1570. The van der Waals surface area contributed by atoms with Crippen molar-refractivity contribution in [3.63, 3.8) is 0 Å². The van der Waals surface area contributed by atoms with Crippen LogP contribution in [0.15, 0.2) is 53.3 Å². The molecule has 1 aliphatic carbocycles. The van der Waals surface area contributed by atoms with Gasteiger partial charge in [-0.3, -0.25) is 9.59 Å². The first kappa shape index (κ1) is 40.8. The van der Waals surface area contributed by atoms with Gasteiger partial charge in [0.15, 0.2) is 11.5 Å². The van der Waals surface area contributed by atoms with E-state index in [1.165, 1.54) is 56.6 Å². The molecule has 0 unspecified atom stereocenters. The second-order valence-corrected chi connectivity index (χ2v) is 12.9. The van der Waals surface area contributed by atoms with Crippen LogP contribution in [0.5, 0.6) is 17.2 Å². The van der Waals surface area contributed by atoms with Crippen LogP contribution in [0.2, 0.25) is 0 Å². The second kappa shape index (κ2) is 22.3. The van der Waals surface area contributed by atoms with Crippen LogP contribution in [-0.4, -0.2) is 96.4 Å². The Hall–Kier alpha value is -4.58. The predicted molar refractivity (Wildman–Crippen MR) is 197 cm³/mol. The summed E-state index contributed by atoms with van der Waals surface area (Å²) in [5, 5.41) is 15.7. The van der Waals surface area contributed by atoms with E-state index in [4.69, 9.17) is 34.0 Å². The molecule has 3 aromatic rings. The number of aliphatic carboxylic acids is 2. The van der Waals surface area contributed by atoms with Gasteiger partial charge in [-0.25, -0.2) is 9.59 Å². The molecule has 12 nitrogen and oxygen atoms in total. The molecule has 4 rings (SSSR count). The first-order valence-corrected chi connectivity index (χ1v) is 18.1. The standard InChI is InChI=1S/C37H53N3O5.C2H2O4/c1-4-39(22-21-29-15-19-34(43-2)35(26-29)44-3)23-24-40(28-30-12-8-6-5-7-9-13-30)37(42)14-10-11-25-45-32-17-18-33-31(27-32)16-20-36(41)38-33;3-1(4)2(5)6/h15-20,26-27,30H,4-14,21-25,28H2,1-3H3,(H,38,41);(H,3,4)(H,5,6). The number of rotatable bonds is 17. The van der Waals surface area contributed by atoms with Crippen molar-refractivity contribution < 1.29 is 38.8 Å². The topological polar surface area (TPSA) is 159 Å². The minimum absolute atomic E-state index is 0.110. The minimum Gasteiger partial charge on any atom is -0.494 e. The number of amides is 1. The number of carboxylic acid groups (broad SMARTS) is 2. The van der Waals surface area contributed by atoms with Gasteiger partial charge in [0.25, 0.3) is 0 Å². The van der Waals surface area contributed by atoms with Gasteiger partial charge >= 0.3 is 11.9 Å². The number of methoxy groups -OCH3 is 2. The monoisotopic (exact) mass is 709 g/mol. The molecule has 1 saturated carbocycles. The lowest BCUT2D eigenvalue weighted by Gasteiger charge is -2.31. The quantitative estimate of drug-likeness (QED) is 0.112. The van der Waals surface area contributed by atoms with E-state index in [1.807, 2.05) is 24.3 Å². The number of aromatic nitrogens is 1. The van der Waals surface area contributed by atoms with Crippen molar-refractivity contribution in [2.75, 3.05) is 53.6 Å². The third-order valence-corrected chi connectivity index (χ3v) is 9.29. The molecule has 3 N–H and O–H groups in total. The Labute approximate surface area is 300 Å². The first-order valence-electron chi connectivity index (χ1n) is 18.1. The molecule has 1 aromatic heterocycles. The highest BCUT2D eigenvalue weighted by Crippen LogP contribution is 2.28. The maximum atomic E-state index is 13.6. The van der Waals surface area contributed by atoms with Gasteiger partial charge in [0.05, 0.1) is 20.8 Å². The van der Waals surface area contributed by atoms with Crippen molar-refractivity contribution in [1.29, 1.82) is 0 Å². The molecule has 280 valence electrons. The lowest BCUT2D eigenvalue weighted by atomic mass is 9.90. The fourth-order valence-electron chi connectivity index (χ4n) is 6.31. The van der Waals surface area contributed by atoms with Gasteiger partial charge in [-0.15, -0.1) is 0 Å². The highest BCUT2D eigenvalue weighted by molar-refractivity contribution is 6.27. The number of likely N-dealkylation sites (N-methyl/N-ethyl adjacent to an activating group) is 1. The molecule has 1 fully saturated rings. The van der Waals surface area contributed by atoms with Gasteiger partial charge in [0, 0.05) is 49.6 Å². The zero-order chi connectivity index (χ0) is 37.0. The number of nitrogens with zero attached hydrogens (tertiary/aromatic N) is 2. The highest BCUT2D eigenvalue weighted by atomic mass is 16.5. The number of carboxylic acids is 2. The summed E-state index contributed by atoms with van der Waals surface area (Å²) in [6.07, 6.45) is 12.1. The maximum Gasteiger partial charge on any atom is 0.414 e. The fraction of sp³-hybridized carbons (Fsp3) is 0.538. The maximum absolute atomic E-state index is 13.6. The number of fused-ring (bicyclic) bond motifs is 1. The summed E-state index contributed by atoms with van der Waals surface area (Å²) in [5.41, 5.74) is 1.91. The molecule has 0 aliphatic heterocycles. The molecule has 0 spiro atoms. The number of nitrogens with one attached hydrogen (secondary N) is 1. The van der Waals surface area contributed by atoms with Gasteiger partial charge in [0.2, 0.25) is 11.5 Å². The summed E-state index contributed by atoms with van der Waals surface area (Å²) < 4.78 is 16.9. The van der Waals surface area contributed by atoms with Crippen molar-refractivity contribution in [3.8, 4) is 17.2 Å². The number of hydrogen-bond acceptors (Lipinski definition) is 8. The van der Waals surface area contributed by atoms with E-state index < -0.39 is 11.9 Å². The third-order valence-electron chi connectivity index (χ3n) is 9.29. The third kappa shape index (κ3) is 14.7. The average molecular weight is 710 g/mol. The molecular weight excluding hydrogens is 654 g/mol. The smallest absolute Gasteiger partial charge is 0.414 e. The van der Waals surface area contributed by atoms with E-state index in [0.29, 0.717) is 18.9 Å². The molecule has 1 amide bonds. The molecule has 1 aliphatic rings. The summed E-state index contributed by atoms with van der Waals surface area (Å²) in [6, 6.07) is 15.2. The molecule has 51 heavy (non-hydrogen) atoms. The van der Waals surface area contributed by atoms with Gasteiger partial charge in [-0.2, -0.15) is 0 Å². The van der Waals surface area contributed by atoms with Crippen LogP contribution in [-0.2, 0) is 20.8 Å². The van der Waals surface area contributed by atoms with Crippen LogP contribution in [0.3, 0.4) is 0 Å². The largest absolute Gasteiger partial charge is 0.494 e. The van der Waals surface area contributed by atoms with Crippen LogP contribution >= 0.6 is 0 Å². The Morgan fingerprint density at radius 1 is 0.824 bits per heavy atom. The highest BCUT2D eigenvalue weighted by Gasteiger charge is 2.21. The SMILES string of the molecule is CCN(CCc1ccc(OC)c(OC)c1)CCN(CC1CCCCCCC1)C(=O)CCCCOc1ccc2[nH]c(=O)ccc2c1.O=C(O)C(=O)O. The van der Waals surface area contributed by atoms with Crippen molar-refractivity contribution in [3.05, 3.63) is 64.4 Å². The number of benzene rings is 2. The van der Waals surface area contributed by atoms with Crippen molar-refractivity contribution in [1.82, 2.24) is 14.8 Å². The minimum atomic E-state index is -1.82. The van der Waals surface area contributed by atoms with Crippen LogP contribution in [0.1, 0.15) is 76.7 Å². The van der Waals surface area contributed by atoms with E-state index in [0.717, 1.165) is 80.1 Å². The molecule has 0 radical (unpaired) electrons. The molecule has 1 heterocycles. The predicted octanol–water partition coefficient (Wildman–Crippen LogP) is 6.00. The number of aromatic amines is 1. The molecule has 0 bridgehead atoms. The summed E-state index contributed by atoms with van der Waals surface area (Å²) in [6.45, 7) is 7.15. The molecule has 12 heteroatoms. The summed E-state index contributed by atoms with van der Waals surface area (Å²) >= 11 is 0. The molecule has 0 atom stereocenters. The number of carbonyl (C=O) groups is 3. The van der Waals surface area contributed by atoms with Gasteiger partial charge in [0.1, 0.15) is 5.75 Å². The number of carbonyl (C=O) groups excluding carboxylic acids is 1. The van der Waals surface area contributed by atoms with Crippen LogP contribution in [0.25, 0.3) is 10.9 Å².